The van der Waals surface area contributed by atoms with Crippen molar-refractivity contribution >= 4 is 5.91 Å². The van der Waals surface area contributed by atoms with E-state index in [2.05, 4.69) is 42.3 Å². The molecule has 3 aromatic rings. The molecule has 0 aliphatic heterocycles. The Kier molecular flexibility index (Phi) is 4.98. The first kappa shape index (κ1) is 17.0. The number of hydrogen-bond donors (Lipinski definition) is 1. The highest BCUT2D eigenvalue weighted by Gasteiger charge is 2.13. The van der Waals surface area contributed by atoms with E-state index >= 15 is 0 Å². The summed E-state index contributed by atoms with van der Waals surface area (Å²) in [6.45, 7) is 6.91. The average Bonchev–Trinajstić information content (AvgIpc) is 3.10. The third kappa shape index (κ3) is 4.15. The number of aryl methyl sites for hydroxylation is 2. The maximum Gasteiger partial charge on any atom is 0.251 e. The summed E-state index contributed by atoms with van der Waals surface area (Å²) in [4.78, 5) is 16.6. The van der Waals surface area contributed by atoms with Crippen LogP contribution >= 0.6 is 0 Å². The molecule has 1 heterocycles. The van der Waals surface area contributed by atoms with Crippen LogP contribution in [-0.2, 0) is 6.54 Å². The van der Waals surface area contributed by atoms with Gasteiger partial charge in [-0.05, 0) is 49.6 Å². The number of nitrogens with zero attached hydrogens (tertiary/aromatic N) is 2. The normalized spacial score (nSPS) is 12.0. The van der Waals surface area contributed by atoms with Crippen molar-refractivity contribution in [1.29, 1.82) is 0 Å². The Balaban J connectivity index is 1.67. The highest BCUT2D eigenvalue weighted by Crippen LogP contribution is 2.19. The number of benzene rings is 2. The van der Waals surface area contributed by atoms with Crippen LogP contribution in [0.15, 0.2) is 61.2 Å². The highest BCUT2D eigenvalue weighted by molar-refractivity contribution is 5.94. The Hall–Kier alpha value is -2.88. The number of aromatic nitrogens is 2. The number of carbonyl (C=O) groups is 1. The summed E-state index contributed by atoms with van der Waals surface area (Å²) in [7, 11) is 0. The fourth-order valence-electron chi connectivity index (χ4n) is 2.94. The second kappa shape index (κ2) is 7.34. The Labute approximate surface area is 148 Å². The molecule has 1 atom stereocenters. The molecule has 25 heavy (non-hydrogen) atoms. The predicted octanol–water partition coefficient (Wildman–Crippen LogP) is 4.04. The van der Waals surface area contributed by atoms with Gasteiger partial charge in [-0.25, -0.2) is 4.98 Å². The van der Waals surface area contributed by atoms with Gasteiger partial charge in [0.25, 0.3) is 5.91 Å². The quantitative estimate of drug-likeness (QED) is 0.766. The van der Waals surface area contributed by atoms with Crippen LogP contribution < -0.4 is 5.32 Å². The van der Waals surface area contributed by atoms with E-state index in [-0.39, 0.29) is 11.9 Å². The first-order valence-corrected chi connectivity index (χ1v) is 8.45. The molecule has 0 unspecified atom stereocenters. The molecule has 1 aromatic heterocycles. The summed E-state index contributed by atoms with van der Waals surface area (Å²) >= 11 is 0. The molecule has 0 spiro atoms. The first-order chi connectivity index (χ1) is 12.0. The van der Waals surface area contributed by atoms with Crippen molar-refractivity contribution in [3.63, 3.8) is 0 Å². The monoisotopic (exact) mass is 333 g/mol. The van der Waals surface area contributed by atoms with E-state index in [0.717, 1.165) is 17.7 Å². The van der Waals surface area contributed by atoms with Gasteiger partial charge in [-0.15, -0.1) is 0 Å². The number of imidazole rings is 1. The third-order valence-electron chi connectivity index (χ3n) is 4.39. The maximum absolute atomic E-state index is 12.5. The summed E-state index contributed by atoms with van der Waals surface area (Å²) in [5, 5.41) is 3.09. The van der Waals surface area contributed by atoms with E-state index in [4.69, 9.17) is 0 Å². The van der Waals surface area contributed by atoms with E-state index < -0.39 is 0 Å². The van der Waals surface area contributed by atoms with Crippen molar-refractivity contribution in [3.8, 4) is 0 Å². The molecule has 0 saturated heterocycles. The van der Waals surface area contributed by atoms with Crippen molar-refractivity contribution in [2.24, 2.45) is 0 Å². The van der Waals surface area contributed by atoms with Crippen LogP contribution in [0.5, 0.6) is 0 Å². The second-order valence-electron chi connectivity index (χ2n) is 6.49. The lowest BCUT2D eigenvalue weighted by molar-refractivity contribution is 0.0940. The van der Waals surface area contributed by atoms with E-state index in [1.165, 1.54) is 11.1 Å². The van der Waals surface area contributed by atoms with Crippen molar-refractivity contribution in [2.45, 2.75) is 33.4 Å². The van der Waals surface area contributed by atoms with Crippen molar-refractivity contribution in [2.75, 3.05) is 0 Å². The van der Waals surface area contributed by atoms with Gasteiger partial charge in [0.2, 0.25) is 0 Å². The fourth-order valence-corrected chi connectivity index (χ4v) is 2.94. The van der Waals surface area contributed by atoms with Crippen molar-refractivity contribution in [3.05, 3.63) is 89.0 Å². The minimum atomic E-state index is -0.0532. The topological polar surface area (TPSA) is 46.9 Å². The van der Waals surface area contributed by atoms with Crippen LogP contribution in [0.4, 0.5) is 0 Å². The van der Waals surface area contributed by atoms with E-state index in [9.17, 15) is 4.79 Å². The van der Waals surface area contributed by atoms with Crippen LogP contribution in [-0.4, -0.2) is 15.5 Å². The fraction of sp³-hybridized carbons (Fsp3) is 0.238. The zero-order valence-corrected chi connectivity index (χ0v) is 14.9. The molecule has 0 aliphatic rings. The molecule has 3 rings (SSSR count). The Bertz CT molecular complexity index is 851. The summed E-state index contributed by atoms with van der Waals surface area (Å²) in [6.07, 6.45) is 5.47. The van der Waals surface area contributed by atoms with Crippen LogP contribution in [0, 0.1) is 13.8 Å². The number of nitrogens with one attached hydrogen (secondary N) is 1. The summed E-state index contributed by atoms with van der Waals surface area (Å²) in [5.41, 5.74) is 5.35. The summed E-state index contributed by atoms with van der Waals surface area (Å²) in [6, 6.07) is 14.0. The van der Waals surface area contributed by atoms with Crippen LogP contribution in [0.3, 0.4) is 0 Å². The maximum atomic E-state index is 12.5. The van der Waals surface area contributed by atoms with E-state index in [1.807, 2.05) is 42.0 Å². The van der Waals surface area contributed by atoms with Crippen molar-refractivity contribution < 1.29 is 4.79 Å². The van der Waals surface area contributed by atoms with Gasteiger partial charge in [-0.1, -0.05) is 35.9 Å². The van der Waals surface area contributed by atoms with Crippen LogP contribution in [0.1, 0.15) is 45.6 Å². The van der Waals surface area contributed by atoms with E-state index in [0.29, 0.717) is 5.56 Å². The SMILES string of the molecule is Cc1ccc(C)c([C@@H](C)NC(=O)c2ccc(Cn3ccnc3)cc2)c1. The smallest absolute Gasteiger partial charge is 0.251 e. The van der Waals surface area contributed by atoms with E-state index in [1.54, 1.807) is 12.5 Å². The summed E-state index contributed by atoms with van der Waals surface area (Å²) < 4.78 is 2.00. The molecular weight excluding hydrogens is 310 g/mol. The molecule has 4 heteroatoms. The number of amides is 1. The van der Waals surface area contributed by atoms with Gasteiger partial charge in [0.15, 0.2) is 0 Å². The van der Waals surface area contributed by atoms with Gasteiger partial charge in [0.05, 0.1) is 12.4 Å². The molecule has 4 nitrogen and oxygen atoms in total. The molecule has 0 radical (unpaired) electrons. The van der Waals surface area contributed by atoms with Gasteiger partial charge in [0.1, 0.15) is 0 Å². The van der Waals surface area contributed by atoms with Crippen LogP contribution in [0.2, 0.25) is 0 Å². The third-order valence-corrected chi connectivity index (χ3v) is 4.39. The lowest BCUT2D eigenvalue weighted by Gasteiger charge is -2.17. The molecule has 1 N–H and O–H groups in total. The van der Waals surface area contributed by atoms with Gasteiger partial charge >= 0.3 is 0 Å². The Morgan fingerprint density at radius 3 is 2.60 bits per heavy atom. The zero-order chi connectivity index (χ0) is 17.8. The minimum absolute atomic E-state index is 0.0296. The zero-order valence-electron chi connectivity index (χ0n) is 14.9. The summed E-state index contributed by atoms with van der Waals surface area (Å²) in [5.74, 6) is -0.0532. The highest BCUT2D eigenvalue weighted by atomic mass is 16.1. The lowest BCUT2D eigenvalue weighted by atomic mass is 9.99. The predicted molar refractivity (Wildman–Crippen MR) is 99.6 cm³/mol. The number of hydrogen-bond acceptors (Lipinski definition) is 2. The van der Waals surface area contributed by atoms with Gasteiger partial charge in [-0.2, -0.15) is 0 Å². The molecular formula is C21H23N3O. The molecule has 0 fully saturated rings. The molecule has 0 saturated carbocycles. The first-order valence-electron chi connectivity index (χ1n) is 8.45. The minimum Gasteiger partial charge on any atom is -0.346 e. The van der Waals surface area contributed by atoms with Gasteiger partial charge in [0, 0.05) is 24.5 Å². The van der Waals surface area contributed by atoms with Gasteiger partial charge in [-0.3, -0.25) is 4.79 Å². The second-order valence-corrected chi connectivity index (χ2v) is 6.49. The average molecular weight is 333 g/mol. The molecule has 0 aliphatic carbocycles. The van der Waals surface area contributed by atoms with Crippen molar-refractivity contribution in [1.82, 2.24) is 14.9 Å². The Morgan fingerprint density at radius 1 is 1.16 bits per heavy atom. The van der Waals surface area contributed by atoms with Gasteiger partial charge < -0.3 is 9.88 Å². The molecule has 0 bridgehead atoms. The standard InChI is InChI=1S/C21H23N3O/c1-15-4-5-16(2)20(12-15)17(3)23-21(25)19-8-6-18(7-9-19)13-24-11-10-22-14-24/h4-12,14,17H,13H2,1-3H3,(H,23,25)/t17-/m1/s1. The molecule has 2 aromatic carbocycles. The Morgan fingerprint density at radius 2 is 1.92 bits per heavy atom. The van der Waals surface area contributed by atoms with Crippen LogP contribution in [0.25, 0.3) is 0 Å². The number of rotatable bonds is 5. The number of carbonyl (C=O) groups excluding carboxylic acids is 1. The lowest BCUT2D eigenvalue weighted by Crippen LogP contribution is -2.27. The largest absolute Gasteiger partial charge is 0.346 e. The molecule has 128 valence electrons. The molecule has 1 amide bonds.